The van der Waals surface area contributed by atoms with Gasteiger partial charge in [-0.3, -0.25) is 80.9 Å². The highest BCUT2D eigenvalue weighted by atomic mass is 16.7. The topological polar surface area (TPSA) is 345 Å². The van der Waals surface area contributed by atoms with Crippen LogP contribution in [0, 0.1) is 105 Å². The Hall–Kier alpha value is -4.80. The molecule has 4 bridgehead atoms. The molecule has 0 spiro atoms. The summed E-state index contributed by atoms with van der Waals surface area (Å²) in [5, 5.41) is 95.6. The zero-order valence-electron chi connectivity index (χ0n) is 15.8. The van der Waals surface area contributed by atoms with Crippen molar-refractivity contribution in [1.82, 2.24) is 0 Å². The Morgan fingerprint density at radius 2 is 0.471 bits per heavy atom. The monoisotopic (exact) mass is 496 g/mol. The standard InChI is InChI=1S/C10H8N8O16/c19-11(20)7(12(21)22)3-1-4-9(15(27)28,16(29)30)5(7)2-6(8(3,13(23)24)14(25)26)10(4,17(31)32)18(33)34/h3-6H,1-2H2. The highest BCUT2D eigenvalue weighted by Crippen LogP contribution is 2.71. The summed E-state index contributed by atoms with van der Waals surface area (Å²) in [5.74, 6) is -12.6. The van der Waals surface area contributed by atoms with Crippen molar-refractivity contribution in [3.05, 3.63) is 80.9 Å². The molecule has 0 N–H and O–H groups in total. The molecule has 4 fully saturated rings. The maximum atomic E-state index is 12.0. The zero-order chi connectivity index (χ0) is 26.3. The second-order valence-corrected chi connectivity index (χ2v) is 7.87. The molecule has 4 saturated carbocycles. The number of nitrogens with zero attached hydrogens (tertiary/aromatic N) is 8. The maximum absolute atomic E-state index is 12.0. The summed E-state index contributed by atoms with van der Waals surface area (Å²) in [6.45, 7) is 0. The molecule has 0 heterocycles. The third kappa shape index (κ3) is 1.90. The van der Waals surface area contributed by atoms with E-state index in [9.17, 15) is 80.9 Å². The predicted molar refractivity (Wildman–Crippen MR) is 90.1 cm³/mol. The Morgan fingerprint density at radius 1 is 0.353 bits per heavy atom. The van der Waals surface area contributed by atoms with E-state index in [1.165, 1.54) is 0 Å². The Kier molecular flexibility index (Phi) is 4.47. The number of nitro groups is 8. The molecule has 0 saturated heterocycles. The lowest BCUT2D eigenvalue weighted by molar-refractivity contribution is -0.962. The van der Waals surface area contributed by atoms with Crippen molar-refractivity contribution < 1.29 is 39.4 Å². The van der Waals surface area contributed by atoms with Crippen molar-refractivity contribution in [2.75, 3.05) is 0 Å². The van der Waals surface area contributed by atoms with Crippen LogP contribution in [0.15, 0.2) is 0 Å². The fourth-order valence-electron chi connectivity index (χ4n) is 6.38. The van der Waals surface area contributed by atoms with Gasteiger partial charge in [-0.2, -0.15) is 0 Å². The molecule has 0 atom stereocenters. The van der Waals surface area contributed by atoms with Gasteiger partial charge < -0.3 is 0 Å². The van der Waals surface area contributed by atoms with Gasteiger partial charge in [-0.05, 0) is 0 Å². The van der Waals surface area contributed by atoms with E-state index in [4.69, 9.17) is 0 Å². The van der Waals surface area contributed by atoms with Gasteiger partial charge in [0, 0.05) is 12.8 Å². The van der Waals surface area contributed by atoms with E-state index < -0.39 is 98.6 Å². The van der Waals surface area contributed by atoms with Crippen LogP contribution in [0.5, 0.6) is 0 Å². The molecule has 0 aromatic heterocycles. The number of hydrogen-bond donors (Lipinski definition) is 0. The van der Waals surface area contributed by atoms with Gasteiger partial charge in [0.1, 0.15) is 39.4 Å². The predicted octanol–water partition coefficient (Wildman–Crippen LogP) is -1.73. The summed E-state index contributed by atoms with van der Waals surface area (Å²) in [6.07, 6.45) is -4.11. The molecular weight excluding hydrogens is 488 g/mol. The quantitative estimate of drug-likeness (QED) is 0.204. The maximum Gasteiger partial charge on any atom is 0.492 e. The van der Waals surface area contributed by atoms with Gasteiger partial charge in [0.2, 0.25) is 23.7 Å². The van der Waals surface area contributed by atoms with Gasteiger partial charge in [-0.15, -0.1) is 0 Å². The molecule has 0 amide bonds. The second-order valence-electron chi connectivity index (χ2n) is 7.87. The van der Waals surface area contributed by atoms with Gasteiger partial charge in [0.25, 0.3) is 0 Å². The van der Waals surface area contributed by atoms with Crippen LogP contribution >= 0.6 is 0 Å². The fourth-order valence-corrected chi connectivity index (χ4v) is 6.38. The van der Waals surface area contributed by atoms with Gasteiger partial charge in [-0.1, -0.05) is 0 Å². The molecule has 0 unspecified atom stereocenters. The normalized spacial score (nSPS) is 30.6. The summed E-state index contributed by atoms with van der Waals surface area (Å²) in [6, 6.07) is 0. The summed E-state index contributed by atoms with van der Waals surface area (Å²) in [5.41, 5.74) is -17.3. The van der Waals surface area contributed by atoms with Crippen molar-refractivity contribution >= 4 is 0 Å². The van der Waals surface area contributed by atoms with Gasteiger partial charge in [0.05, 0.1) is 0 Å². The molecule has 24 heteroatoms. The molecule has 184 valence electrons. The van der Waals surface area contributed by atoms with Crippen LogP contribution in [0.2, 0.25) is 0 Å². The van der Waals surface area contributed by atoms with Crippen molar-refractivity contribution in [2.45, 2.75) is 35.5 Å². The molecular formula is C10H8N8O16. The first-order valence-electron chi connectivity index (χ1n) is 8.65. The Bertz CT molecular complexity index is 867. The van der Waals surface area contributed by atoms with E-state index in [1.54, 1.807) is 0 Å². The lowest BCUT2D eigenvalue weighted by Gasteiger charge is -2.53. The largest absolute Gasteiger partial charge is 0.492 e. The highest BCUT2D eigenvalue weighted by Gasteiger charge is 3.11. The Balaban J connectivity index is 2.67. The molecule has 0 aliphatic heterocycles. The summed E-state index contributed by atoms with van der Waals surface area (Å²) in [4.78, 5) is 79.8. The first kappa shape index (κ1) is 23.9. The third-order valence-electron chi connectivity index (χ3n) is 7.39. The molecule has 0 radical (unpaired) electrons. The fraction of sp³-hybridized carbons (Fsp3) is 1.00. The first-order chi connectivity index (χ1) is 15.5. The van der Waals surface area contributed by atoms with Crippen LogP contribution in [-0.2, 0) is 0 Å². The van der Waals surface area contributed by atoms with Crippen molar-refractivity contribution in [2.24, 2.45) is 23.7 Å². The second kappa shape index (κ2) is 6.38. The zero-order valence-corrected chi connectivity index (χ0v) is 15.8. The molecule has 24 nitrogen and oxygen atoms in total. The SMILES string of the molecule is O=[N+]([O-])C1([N+](=O)[O-])C2CC3C([N+](=O)[O-])([N+](=O)[O-])C1CC(C2([N+](=O)[O-])[N+](=O)[O-])C3([N+](=O)[O-])[N+](=O)[O-]. The average Bonchev–Trinajstić information content (AvgIpc) is 2.66. The molecule has 34 heavy (non-hydrogen) atoms. The number of hydrogen-bond acceptors (Lipinski definition) is 16. The van der Waals surface area contributed by atoms with Crippen LogP contribution in [0.1, 0.15) is 12.8 Å². The van der Waals surface area contributed by atoms with E-state index in [0.717, 1.165) is 0 Å². The third-order valence-corrected chi connectivity index (χ3v) is 7.39. The minimum atomic E-state index is -4.33. The van der Waals surface area contributed by atoms with E-state index in [0.29, 0.717) is 0 Å². The van der Waals surface area contributed by atoms with Crippen LogP contribution in [0.4, 0.5) is 0 Å². The van der Waals surface area contributed by atoms with Crippen molar-refractivity contribution in [3.8, 4) is 0 Å². The number of rotatable bonds is 8. The van der Waals surface area contributed by atoms with Crippen LogP contribution in [0.25, 0.3) is 0 Å². The summed E-state index contributed by atoms with van der Waals surface area (Å²) < 4.78 is 0. The molecule has 4 rings (SSSR count). The molecule has 0 aromatic rings. The lowest BCUT2D eigenvalue weighted by atomic mass is 9.40. The van der Waals surface area contributed by atoms with E-state index >= 15 is 0 Å². The summed E-state index contributed by atoms with van der Waals surface area (Å²) >= 11 is 0. The summed E-state index contributed by atoms with van der Waals surface area (Å²) in [7, 11) is 0. The van der Waals surface area contributed by atoms with Gasteiger partial charge >= 0.3 is 22.7 Å². The van der Waals surface area contributed by atoms with Gasteiger partial charge in [0.15, 0.2) is 0 Å². The smallest absolute Gasteiger partial charge is 0.258 e. The molecule has 4 aliphatic rings. The first-order valence-corrected chi connectivity index (χ1v) is 8.65. The van der Waals surface area contributed by atoms with E-state index in [1.807, 2.05) is 0 Å². The Morgan fingerprint density at radius 3 is 0.559 bits per heavy atom. The van der Waals surface area contributed by atoms with Crippen molar-refractivity contribution in [1.29, 1.82) is 0 Å². The minimum Gasteiger partial charge on any atom is -0.258 e. The lowest BCUT2D eigenvalue weighted by Crippen LogP contribution is -2.92. The van der Waals surface area contributed by atoms with Crippen LogP contribution < -0.4 is 0 Å². The molecule has 0 aromatic carbocycles. The van der Waals surface area contributed by atoms with E-state index in [-0.39, 0.29) is 0 Å². The van der Waals surface area contributed by atoms with Crippen LogP contribution in [-0.4, -0.2) is 62.0 Å². The van der Waals surface area contributed by atoms with Crippen LogP contribution in [0.3, 0.4) is 0 Å². The van der Waals surface area contributed by atoms with E-state index in [2.05, 4.69) is 0 Å². The average molecular weight is 496 g/mol. The minimum absolute atomic E-state index is 1.98. The van der Waals surface area contributed by atoms with Crippen molar-refractivity contribution in [3.63, 3.8) is 0 Å². The highest BCUT2D eigenvalue weighted by molar-refractivity contribution is 5.21. The molecule has 4 aliphatic carbocycles. The van der Waals surface area contributed by atoms with Gasteiger partial charge in [-0.25, -0.2) is 0 Å². The Labute approximate surface area is 180 Å².